The van der Waals surface area contributed by atoms with Crippen LogP contribution in [0, 0.1) is 11.6 Å². The predicted octanol–water partition coefficient (Wildman–Crippen LogP) is 1.32. The molecule has 138 valence electrons. The lowest BCUT2D eigenvalue weighted by atomic mass is 10.2. The van der Waals surface area contributed by atoms with E-state index in [9.17, 15) is 13.6 Å². The summed E-state index contributed by atoms with van der Waals surface area (Å²) in [6.45, 7) is 2.76. The Morgan fingerprint density at radius 1 is 1.15 bits per heavy atom. The summed E-state index contributed by atoms with van der Waals surface area (Å²) in [5, 5.41) is 0.278. The summed E-state index contributed by atoms with van der Waals surface area (Å²) in [4.78, 5) is 24.6. The fourth-order valence-corrected chi connectivity index (χ4v) is 3.38. The minimum Gasteiger partial charge on any atom is -0.383 e. The van der Waals surface area contributed by atoms with Crippen molar-refractivity contribution in [3.8, 4) is 0 Å². The first-order valence-electron chi connectivity index (χ1n) is 8.60. The maximum Gasteiger partial charge on any atom is 0.251 e. The van der Waals surface area contributed by atoms with Crippen molar-refractivity contribution in [3.05, 3.63) is 23.8 Å². The number of hydrogen-bond donors (Lipinski definition) is 1. The number of piperazine rings is 1. The molecule has 0 radical (unpaired) electrons. The van der Waals surface area contributed by atoms with Gasteiger partial charge in [0.05, 0.1) is 5.52 Å². The molecule has 2 aromatic rings. The predicted molar refractivity (Wildman–Crippen MR) is 91.6 cm³/mol. The van der Waals surface area contributed by atoms with Crippen molar-refractivity contribution >= 4 is 28.6 Å². The molecule has 0 spiro atoms. The smallest absolute Gasteiger partial charge is 0.251 e. The van der Waals surface area contributed by atoms with Crippen molar-refractivity contribution in [2.24, 2.45) is 0 Å². The van der Waals surface area contributed by atoms with Crippen LogP contribution in [0.1, 0.15) is 12.8 Å². The zero-order valence-electron chi connectivity index (χ0n) is 14.1. The Labute approximate surface area is 148 Å². The molecule has 0 saturated carbocycles. The largest absolute Gasteiger partial charge is 0.383 e. The van der Waals surface area contributed by atoms with Crippen LogP contribution >= 0.6 is 0 Å². The van der Waals surface area contributed by atoms with Crippen LogP contribution in [0.5, 0.6) is 0 Å². The number of halogens is 2. The Kier molecular flexibility index (Phi) is 4.31. The molecule has 2 aliphatic heterocycles. The third-order valence-electron chi connectivity index (χ3n) is 4.83. The van der Waals surface area contributed by atoms with Gasteiger partial charge in [-0.05, 0) is 18.9 Å². The molecule has 1 atom stereocenters. The highest BCUT2D eigenvalue weighted by Crippen LogP contribution is 2.25. The first-order chi connectivity index (χ1) is 12.5. The monoisotopic (exact) mass is 363 g/mol. The second kappa shape index (κ2) is 6.64. The van der Waals surface area contributed by atoms with E-state index in [1.165, 1.54) is 0 Å². The summed E-state index contributed by atoms with van der Waals surface area (Å²) < 4.78 is 32.3. The van der Waals surface area contributed by atoms with E-state index in [4.69, 9.17) is 10.5 Å². The van der Waals surface area contributed by atoms with Gasteiger partial charge in [0.1, 0.15) is 11.9 Å². The van der Waals surface area contributed by atoms with Crippen molar-refractivity contribution in [3.63, 3.8) is 0 Å². The van der Waals surface area contributed by atoms with E-state index < -0.39 is 11.6 Å². The SMILES string of the molecule is Nc1nc(N2CCN(C(=O)C3CCCO3)CC2)nc2cc(F)c(F)cc12. The number of nitrogen functional groups attached to an aromatic ring is 1. The van der Waals surface area contributed by atoms with Crippen LogP contribution in [-0.2, 0) is 9.53 Å². The summed E-state index contributed by atoms with van der Waals surface area (Å²) in [5.41, 5.74) is 6.15. The third-order valence-corrected chi connectivity index (χ3v) is 4.83. The van der Waals surface area contributed by atoms with E-state index >= 15 is 0 Å². The van der Waals surface area contributed by atoms with Gasteiger partial charge in [0.15, 0.2) is 11.6 Å². The topological polar surface area (TPSA) is 84.6 Å². The molecule has 1 aromatic heterocycles. The first-order valence-corrected chi connectivity index (χ1v) is 8.60. The van der Waals surface area contributed by atoms with Crippen LogP contribution in [0.25, 0.3) is 10.9 Å². The Bertz CT molecular complexity index is 849. The average molecular weight is 363 g/mol. The van der Waals surface area contributed by atoms with Gasteiger partial charge in [0, 0.05) is 44.2 Å². The lowest BCUT2D eigenvalue weighted by Crippen LogP contribution is -2.51. The quantitative estimate of drug-likeness (QED) is 0.866. The molecule has 4 rings (SSSR count). The number of aromatic nitrogens is 2. The normalized spacial score (nSPS) is 20.8. The standard InChI is InChI=1S/C17H19F2N5O2/c18-11-8-10-13(9-12(11)19)21-17(22-15(10)20)24-5-3-23(4-6-24)16(25)14-2-1-7-26-14/h8-9,14H,1-7H2,(H2,20,21,22). The average Bonchev–Trinajstić information content (AvgIpc) is 3.17. The van der Waals surface area contributed by atoms with Gasteiger partial charge in [0.25, 0.3) is 5.91 Å². The van der Waals surface area contributed by atoms with Crippen LogP contribution in [0.2, 0.25) is 0 Å². The van der Waals surface area contributed by atoms with E-state index in [1.807, 2.05) is 4.90 Å². The molecule has 7 nitrogen and oxygen atoms in total. The van der Waals surface area contributed by atoms with Gasteiger partial charge in [-0.25, -0.2) is 13.8 Å². The molecule has 0 aliphatic carbocycles. The van der Waals surface area contributed by atoms with Crippen molar-refractivity contribution < 1.29 is 18.3 Å². The number of nitrogens with two attached hydrogens (primary N) is 1. The number of anilines is 2. The fraction of sp³-hybridized carbons (Fsp3) is 0.471. The van der Waals surface area contributed by atoms with Gasteiger partial charge >= 0.3 is 0 Å². The molecule has 9 heteroatoms. The number of benzene rings is 1. The van der Waals surface area contributed by atoms with Gasteiger partial charge in [-0.2, -0.15) is 4.98 Å². The molecular weight excluding hydrogens is 344 g/mol. The third kappa shape index (κ3) is 3.03. The van der Waals surface area contributed by atoms with E-state index in [-0.39, 0.29) is 28.7 Å². The fourth-order valence-electron chi connectivity index (χ4n) is 3.38. The molecular formula is C17H19F2N5O2. The number of carbonyl (C=O) groups is 1. The summed E-state index contributed by atoms with van der Waals surface area (Å²) in [5.74, 6) is -1.49. The zero-order valence-corrected chi connectivity index (χ0v) is 14.1. The van der Waals surface area contributed by atoms with Crippen LogP contribution < -0.4 is 10.6 Å². The molecule has 1 aromatic carbocycles. The first kappa shape index (κ1) is 16.9. The van der Waals surface area contributed by atoms with Crippen molar-refractivity contribution in [2.75, 3.05) is 43.4 Å². The highest BCUT2D eigenvalue weighted by Gasteiger charge is 2.31. The van der Waals surface area contributed by atoms with Crippen molar-refractivity contribution in [1.29, 1.82) is 0 Å². The van der Waals surface area contributed by atoms with Crippen molar-refractivity contribution in [2.45, 2.75) is 18.9 Å². The van der Waals surface area contributed by atoms with Crippen LogP contribution in [0.15, 0.2) is 12.1 Å². The molecule has 2 saturated heterocycles. The maximum atomic E-state index is 13.5. The molecule has 1 unspecified atom stereocenters. The molecule has 1 amide bonds. The molecule has 0 bridgehead atoms. The van der Waals surface area contributed by atoms with Gasteiger partial charge in [-0.15, -0.1) is 0 Å². The number of ether oxygens (including phenoxy) is 1. The summed E-state index contributed by atoms with van der Waals surface area (Å²) in [7, 11) is 0. The molecule has 3 heterocycles. The lowest BCUT2D eigenvalue weighted by molar-refractivity contribution is -0.141. The van der Waals surface area contributed by atoms with Crippen LogP contribution in [0.3, 0.4) is 0 Å². The lowest BCUT2D eigenvalue weighted by Gasteiger charge is -2.35. The van der Waals surface area contributed by atoms with Crippen molar-refractivity contribution in [1.82, 2.24) is 14.9 Å². The zero-order chi connectivity index (χ0) is 18.3. The second-order valence-electron chi connectivity index (χ2n) is 6.51. The molecule has 2 fully saturated rings. The van der Waals surface area contributed by atoms with Gasteiger partial charge in [-0.1, -0.05) is 0 Å². The van der Waals surface area contributed by atoms with Crippen LogP contribution in [-0.4, -0.2) is 59.7 Å². The molecule has 2 N–H and O–H groups in total. The summed E-state index contributed by atoms with van der Waals surface area (Å²) in [6.07, 6.45) is 1.36. The summed E-state index contributed by atoms with van der Waals surface area (Å²) >= 11 is 0. The highest BCUT2D eigenvalue weighted by molar-refractivity contribution is 5.89. The minimum absolute atomic E-state index is 0.0265. The van der Waals surface area contributed by atoms with E-state index in [2.05, 4.69) is 9.97 Å². The van der Waals surface area contributed by atoms with Gasteiger partial charge < -0.3 is 20.3 Å². The number of carbonyl (C=O) groups excluding carboxylic acids is 1. The molecule has 2 aliphatic rings. The minimum atomic E-state index is -0.984. The van der Waals surface area contributed by atoms with E-state index in [1.54, 1.807) is 4.90 Å². The Balaban J connectivity index is 1.50. The van der Waals surface area contributed by atoms with E-state index in [0.29, 0.717) is 38.7 Å². The highest BCUT2D eigenvalue weighted by atomic mass is 19.2. The number of hydrogen-bond acceptors (Lipinski definition) is 6. The number of nitrogens with zero attached hydrogens (tertiary/aromatic N) is 4. The van der Waals surface area contributed by atoms with Crippen LogP contribution in [0.4, 0.5) is 20.5 Å². The van der Waals surface area contributed by atoms with Gasteiger partial charge in [0.2, 0.25) is 5.95 Å². The Hall–Kier alpha value is -2.55. The van der Waals surface area contributed by atoms with Gasteiger partial charge in [-0.3, -0.25) is 4.79 Å². The van der Waals surface area contributed by atoms with E-state index in [0.717, 1.165) is 25.0 Å². The number of rotatable bonds is 2. The maximum absolute atomic E-state index is 13.5. The second-order valence-corrected chi connectivity index (χ2v) is 6.51. The Morgan fingerprint density at radius 3 is 2.58 bits per heavy atom. The number of amides is 1. The summed E-state index contributed by atoms with van der Waals surface area (Å²) in [6, 6.07) is 2.02. The molecule has 26 heavy (non-hydrogen) atoms. The number of fused-ring (bicyclic) bond motifs is 1. The Morgan fingerprint density at radius 2 is 1.88 bits per heavy atom.